The van der Waals surface area contributed by atoms with Gasteiger partial charge in [0.05, 0.1) is 5.69 Å². The van der Waals surface area contributed by atoms with E-state index in [1.807, 2.05) is 18.4 Å². The van der Waals surface area contributed by atoms with Gasteiger partial charge < -0.3 is 9.84 Å². The van der Waals surface area contributed by atoms with Crippen molar-refractivity contribution in [1.29, 1.82) is 0 Å². The maximum atomic E-state index is 11.4. The van der Waals surface area contributed by atoms with Gasteiger partial charge in [0.1, 0.15) is 11.6 Å². The second-order valence-electron chi connectivity index (χ2n) is 4.47. The molecule has 0 fully saturated rings. The molecule has 0 saturated carbocycles. The van der Waals surface area contributed by atoms with Crippen molar-refractivity contribution < 1.29 is 9.21 Å². The van der Waals surface area contributed by atoms with Gasteiger partial charge in [0.2, 0.25) is 0 Å². The Morgan fingerprint density at radius 3 is 2.86 bits per heavy atom. The van der Waals surface area contributed by atoms with Gasteiger partial charge in [-0.2, -0.15) is 12.6 Å². The van der Waals surface area contributed by atoms with E-state index >= 15 is 0 Å². The number of rotatable bonds is 5. The molecule has 5 N–H and O–H groups in total. The third-order valence-corrected chi connectivity index (χ3v) is 3.35. The maximum absolute atomic E-state index is 11.4. The van der Waals surface area contributed by atoms with Crippen LogP contribution >= 0.6 is 12.6 Å². The fourth-order valence-corrected chi connectivity index (χ4v) is 2.12. The molecule has 0 unspecified atom stereocenters. The first-order chi connectivity index (χ1) is 10.0. The zero-order chi connectivity index (χ0) is 15.4. The fourth-order valence-electron chi connectivity index (χ4n) is 1.87. The number of nitrogens with one attached hydrogen (secondary N) is 3. The molecule has 0 aliphatic rings. The van der Waals surface area contributed by atoms with Crippen LogP contribution in [-0.2, 0) is 4.79 Å². The minimum absolute atomic E-state index is 0.262. The predicted molar refractivity (Wildman–Crippen MR) is 84.0 cm³/mol. The Bertz CT molecular complexity index is 716. The molecule has 0 aliphatic heterocycles. The van der Waals surface area contributed by atoms with Gasteiger partial charge in [-0.3, -0.25) is 10.2 Å². The van der Waals surface area contributed by atoms with Crippen LogP contribution in [-0.4, -0.2) is 17.7 Å². The van der Waals surface area contributed by atoms with Gasteiger partial charge in [-0.1, -0.05) is 0 Å². The van der Waals surface area contributed by atoms with E-state index in [9.17, 15) is 9.59 Å². The predicted octanol–water partition coefficient (Wildman–Crippen LogP) is 0.306. The maximum Gasteiger partial charge on any atom is 0.336 e. The zero-order valence-electron chi connectivity index (χ0n) is 11.3. The second kappa shape index (κ2) is 6.61. The number of anilines is 1. The molecule has 1 atom stereocenters. The molecule has 0 radical (unpaired) electrons. The first-order valence-electron chi connectivity index (χ1n) is 6.22. The normalized spacial score (nSPS) is 12.1. The smallest absolute Gasteiger partial charge is 0.336 e. The van der Waals surface area contributed by atoms with Gasteiger partial charge in [0, 0.05) is 23.3 Å². The van der Waals surface area contributed by atoms with Crippen LogP contribution in [0.1, 0.15) is 5.56 Å². The number of nitrogens with two attached hydrogens (primary N) is 1. The Labute approximate surface area is 126 Å². The van der Waals surface area contributed by atoms with Crippen LogP contribution < -0.4 is 27.7 Å². The molecule has 1 heterocycles. The molecule has 1 aromatic heterocycles. The lowest BCUT2D eigenvalue weighted by Gasteiger charge is -2.16. The van der Waals surface area contributed by atoms with Gasteiger partial charge in [0.15, 0.2) is 0 Å². The van der Waals surface area contributed by atoms with E-state index in [-0.39, 0.29) is 11.7 Å². The third kappa shape index (κ3) is 3.54. The molecule has 7 nitrogen and oxygen atoms in total. The van der Waals surface area contributed by atoms with E-state index in [1.165, 1.54) is 6.07 Å². The minimum Gasteiger partial charge on any atom is -0.423 e. The van der Waals surface area contributed by atoms with E-state index < -0.39 is 11.7 Å². The molecule has 0 spiro atoms. The number of hydrogen-bond acceptors (Lipinski definition) is 7. The summed E-state index contributed by atoms with van der Waals surface area (Å²) in [6.45, 7) is 1.84. The van der Waals surface area contributed by atoms with E-state index in [1.54, 1.807) is 12.1 Å². The summed E-state index contributed by atoms with van der Waals surface area (Å²) in [5.74, 6) is 4.95. The number of benzene rings is 1. The van der Waals surface area contributed by atoms with Crippen LogP contribution in [0.15, 0.2) is 33.5 Å². The lowest BCUT2D eigenvalue weighted by atomic mass is 10.1. The standard InChI is InChI=1S/C13H16N4O3S/c1-7-4-12(18)20-11-5-8(2-3-9(7)11)16-17-10(6-21)13(19)15-14/h2-5,10,16-17,21H,6,14H2,1H3,(H,15,19)/t10-/m0/s1. The number of thiol groups is 1. The van der Waals surface area contributed by atoms with Gasteiger partial charge >= 0.3 is 5.63 Å². The summed E-state index contributed by atoms with van der Waals surface area (Å²) in [5.41, 5.74) is 9.26. The van der Waals surface area contributed by atoms with Crippen LogP contribution in [0.25, 0.3) is 11.0 Å². The fraction of sp³-hybridized carbons (Fsp3) is 0.231. The Hall–Kier alpha value is -2.03. The summed E-state index contributed by atoms with van der Waals surface area (Å²) in [6, 6.07) is 6.15. The SMILES string of the molecule is Cc1cc(=O)oc2cc(NN[C@@H](CS)C(=O)NN)ccc12. The van der Waals surface area contributed by atoms with Crippen LogP contribution in [0, 0.1) is 6.92 Å². The van der Waals surface area contributed by atoms with Crippen molar-refractivity contribution in [2.45, 2.75) is 13.0 Å². The summed E-state index contributed by atoms with van der Waals surface area (Å²) < 4.78 is 5.15. The van der Waals surface area contributed by atoms with E-state index in [0.717, 1.165) is 10.9 Å². The summed E-state index contributed by atoms with van der Waals surface area (Å²) in [5, 5.41) is 0.852. The van der Waals surface area contributed by atoms with Crippen LogP contribution in [0.3, 0.4) is 0 Å². The highest BCUT2D eigenvalue weighted by Gasteiger charge is 2.14. The highest BCUT2D eigenvalue weighted by atomic mass is 32.1. The monoisotopic (exact) mass is 308 g/mol. The zero-order valence-corrected chi connectivity index (χ0v) is 12.2. The second-order valence-corrected chi connectivity index (χ2v) is 4.84. The lowest BCUT2D eigenvalue weighted by Crippen LogP contribution is -2.49. The van der Waals surface area contributed by atoms with Gasteiger partial charge in [-0.25, -0.2) is 16.1 Å². The number of aryl methyl sites for hydroxylation is 1. The first-order valence-corrected chi connectivity index (χ1v) is 6.85. The highest BCUT2D eigenvalue weighted by molar-refractivity contribution is 7.80. The van der Waals surface area contributed by atoms with Crippen molar-refractivity contribution in [2.24, 2.45) is 5.84 Å². The number of hydrogen-bond donors (Lipinski definition) is 5. The van der Waals surface area contributed by atoms with Gasteiger partial charge in [0.25, 0.3) is 5.91 Å². The Morgan fingerprint density at radius 2 is 2.19 bits per heavy atom. The molecule has 21 heavy (non-hydrogen) atoms. The van der Waals surface area contributed by atoms with Crippen molar-refractivity contribution in [2.75, 3.05) is 11.2 Å². The summed E-state index contributed by atoms with van der Waals surface area (Å²) in [4.78, 5) is 22.8. The molecular weight excluding hydrogens is 292 g/mol. The molecule has 1 amide bonds. The summed E-state index contributed by atoms with van der Waals surface area (Å²) >= 11 is 4.06. The van der Waals surface area contributed by atoms with Crippen LogP contribution in [0.2, 0.25) is 0 Å². The van der Waals surface area contributed by atoms with Crippen molar-refractivity contribution in [3.05, 3.63) is 40.2 Å². The topological polar surface area (TPSA) is 109 Å². The van der Waals surface area contributed by atoms with E-state index in [4.69, 9.17) is 10.3 Å². The number of fused-ring (bicyclic) bond motifs is 1. The average Bonchev–Trinajstić information content (AvgIpc) is 2.46. The van der Waals surface area contributed by atoms with E-state index in [2.05, 4.69) is 23.5 Å². The number of carbonyl (C=O) groups is 1. The van der Waals surface area contributed by atoms with Crippen molar-refractivity contribution in [3.8, 4) is 0 Å². The Morgan fingerprint density at radius 1 is 1.43 bits per heavy atom. The molecule has 0 bridgehead atoms. The average molecular weight is 308 g/mol. The van der Waals surface area contributed by atoms with Crippen molar-refractivity contribution >= 4 is 35.2 Å². The third-order valence-electron chi connectivity index (χ3n) is 2.98. The molecule has 112 valence electrons. The van der Waals surface area contributed by atoms with Crippen LogP contribution in [0.4, 0.5) is 5.69 Å². The quantitative estimate of drug-likeness (QED) is 0.179. The highest BCUT2D eigenvalue weighted by Crippen LogP contribution is 2.20. The molecular formula is C13H16N4O3S. The minimum atomic E-state index is -0.599. The summed E-state index contributed by atoms with van der Waals surface area (Å²) in [7, 11) is 0. The molecule has 0 saturated heterocycles. The lowest BCUT2D eigenvalue weighted by molar-refractivity contribution is -0.122. The van der Waals surface area contributed by atoms with Gasteiger partial charge in [-0.05, 0) is 24.6 Å². The molecule has 2 aromatic rings. The molecule has 8 heteroatoms. The van der Waals surface area contributed by atoms with Crippen molar-refractivity contribution in [1.82, 2.24) is 10.9 Å². The van der Waals surface area contributed by atoms with E-state index in [0.29, 0.717) is 11.3 Å². The Balaban J connectivity index is 2.20. The van der Waals surface area contributed by atoms with Gasteiger partial charge in [-0.15, -0.1) is 0 Å². The molecule has 0 aliphatic carbocycles. The Kier molecular flexibility index (Phi) is 4.84. The molecule has 1 aromatic carbocycles. The number of hydrazine groups is 2. The summed E-state index contributed by atoms with van der Waals surface area (Å²) in [6.07, 6.45) is 0. The number of carbonyl (C=O) groups excluding carboxylic acids is 1. The number of amides is 1. The van der Waals surface area contributed by atoms with Crippen LogP contribution in [0.5, 0.6) is 0 Å². The molecule has 2 rings (SSSR count). The first kappa shape index (κ1) is 15.4. The largest absolute Gasteiger partial charge is 0.423 e. The van der Waals surface area contributed by atoms with Crippen molar-refractivity contribution in [3.63, 3.8) is 0 Å².